The van der Waals surface area contributed by atoms with Gasteiger partial charge in [0, 0.05) is 12.1 Å². The van der Waals surface area contributed by atoms with Gasteiger partial charge in [-0.1, -0.05) is 13.8 Å². The van der Waals surface area contributed by atoms with Crippen molar-refractivity contribution in [1.82, 2.24) is 0 Å². The summed E-state index contributed by atoms with van der Waals surface area (Å²) in [5.41, 5.74) is 1.13. The molecule has 0 spiro atoms. The molecule has 0 radical (unpaired) electrons. The molecule has 1 N–H and O–H groups in total. The van der Waals surface area contributed by atoms with E-state index < -0.39 is 4.92 Å². The van der Waals surface area contributed by atoms with Crippen LogP contribution in [0.25, 0.3) is 0 Å². The molecule has 22 heavy (non-hydrogen) atoms. The minimum atomic E-state index is -0.514. The first kappa shape index (κ1) is 16.0. The molecule has 2 rings (SSSR count). The fourth-order valence-corrected chi connectivity index (χ4v) is 2.99. The van der Waals surface area contributed by atoms with Crippen LogP contribution >= 0.6 is 11.3 Å². The highest BCUT2D eigenvalue weighted by molar-refractivity contribution is 7.12. The summed E-state index contributed by atoms with van der Waals surface area (Å²) in [6.45, 7) is 4.01. The summed E-state index contributed by atoms with van der Waals surface area (Å²) < 4.78 is 5.14. The molecular weight excluding hydrogens is 304 g/mol. The number of nitrogens with zero attached hydrogens (tertiary/aromatic N) is 1. The maximum absolute atomic E-state index is 12.4. The number of benzene rings is 1. The van der Waals surface area contributed by atoms with Crippen LogP contribution in [0.4, 0.5) is 11.4 Å². The summed E-state index contributed by atoms with van der Waals surface area (Å²) in [7, 11) is 1.45. The van der Waals surface area contributed by atoms with Gasteiger partial charge in [-0.25, -0.2) is 0 Å². The molecular formula is C15H16N2O4S. The summed E-state index contributed by atoms with van der Waals surface area (Å²) >= 11 is 1.34. The molecule has 0 saturated heterocycles. The highest BCUT2D eigenvalue weighted by Gasteiger charge is 2.18. The number of nitro benzene ring substituents is 1. The lowest BCUT2D eigenvalue weighted by Gasteiger charge is -2.11. The van der Waals surface area contributed by atoms with Gasteiger partial charge in [0.25, 0.3) is 11.6 Å². The van der Waals surface area contributed by atoms with E-state index in [1.165, 1.54) is 36.6 Å². The fourth-order valence-electron chi connectivity index (χ4n) is 2.04. The molecule has 0 aliphatic carbocycles. The Hall–Kier alpha value is -2.41. The largest absolute Gasteiger partial charge is 0.495 e. The Morgan fingerprint density at radius 2 is 2.09 bits per heavy atom. The van der Waals surface area contributed by atoms with Gasteiger partial charge >= 0.3 is 0 Å². The number of carbonyl (C=O) groups is 1. The topological polar surface area (TPSA) is 81.5 Å². The Balaban J connectivity index is 2.33. The number of methoxy groups -OCH3 is 1. The zero-order valence-electron chi connectivity index (χ0n) is 12.5. The van der Waals surface area contributed by atoms with E-state index in [0.717, 1.165) is 5.56 Å². The molecule has 0 unspecified atom stereocenters. The Morgan fingerprint density at radius 1 is 1.36 bits per heavy atom. The summed E-state index contributed by atoms with van der Waals surface area (Å²) in [4.78, 5) is 23.4. The standard InChI is InChI=1S/C15H16N2O4S/c1-9(2)11-6-7-22-14(11)15(18)16-12-8-10(17(19)20)4-5-13(12)21-3/h4-9H,1-3H3,(H,16,18). The quantitative estimate of drug-likeness (QED) is 0.666. The number of hydrogen-bond acceptors (Lipinski definition) is 5. The third-order valence-electron chi connectivity index (χ3n) is 3.17. The Labute approximate surface area is 131 Å². The number of anilines is 1. The maximum Gasteiger partial charge on any atom is 0.271 e. The smallest absolute Gasteiger partial charge is 0.271 e. The van der Waals surface area contributed by atoms with Gasteiger partial charge in [-0.15, -0.1) is 11.3 Å². The molecule has 2 aromatic rings. The first-order valence-corrected chi connectivity index (χ1v) is 7.53. The number of non-ortho nitro benzene ring substituents is 1. The molecule has 0 aliphatic rings. The van der Waals surface area contributed by atoms with Crippen molar-refractivity contribution in [3.8, 4) is 5.75 Å². The summed E-state index contributed by atoms with van der Waals surface area (Å²) in [6, 6.07) is 6.00. The summed E-state index contributed by atoms with van der Waals surface area (Å²) in [5.74, 6) is 0.304. The third kappa shape index (κ3) is 3.25. The fraction of sp³-hybridized carbons (Fsp3) is 0.267. The molecule has 7 heteroatoms. The van der Waals surface area contributed by atoms with Crippen molar-refractivity contribution in [3.05, 3.63) is 50.2 Å². The van der Waals surface area contributed by atoms with Gasteiger partial charge in [0.1, 0.15) is 5.75 Å². The molecule has 0 aliphatic heterocycles. The van der Waals surface area contributed by atoms with E-state index in [-0.39, 0.29) is 23.2 Å². The molecule has 1 amide bonds. The number of carbonyl (C=O) groups excluding carboxylic acids is 1. The number of rotatable bonds is 5. The van der Waals surface area contributed by atoms with Gasteiger partial charge in [-0.3, -0.25) is 14.9 Å². The minimum absolute atomic E-state index is 0.105. The van der Waals surface area contributed by atoms with Crippen LogP contribution in [0.5, 0.6) is 5.75 Å². The molecule has 0 atom stereocenters. The normalized spacial score (nSPS) is 10.5. The van der Waals surface area contributed by atoms with E-state index in [2.05, 4.69) is 5.32 Å². The second-order valence-electron chi connectivity index (χ2n) is 4.96. The number of nitrogens with one attached hydrogen (secondary N) is 1. The molecule has 0 saturated carbocycles. The van der Waals surface area contributed by atoms with Crippen molar-refractivity contribution in [3.63, 3.8) is 0 Å². The number of nitro groups is 1. The SMILES string of the molecule is COc1ccc([N+](=O)[O-])cc1NC(=O)c1sccc1C(C)C. The van der Waals surface area contributed by atoms with Gasteiger partial charge < -0.3 is 10.1 Å². The molecule has 0 bridgehead atoms. The van der Waals surface area contributed by atoms with Crippen LogP contribution in [-0.2, 0) is 0 Å². The van der Waals surface area contributed by atoms with Gasteiger partial charge in [0.2, 0.25) is 0 Å². The van der Waals surface area contributed by atoms with Gasteiger partial charge in [0.05, 0.1) is 22.6 Å². The van der Waals surface area contributed by atoms with Crippen LogP contribution in [0.2, 0.25) is 0 Å². The van der Waals surface area contributed by atoms with Gasteiger partial charge in [-0.05, 0) is 29.0 Å². The highest BCUT2D eigenvalue weighted by atomic mass is 32.1. The Kier molecular flexibility index (Phi) is 4.77. The number of amides is 1. The second kappa shape index (κ2) is 6.57. The van der Waals surface area contributed by atoms with E-state index in [0.29, 0.717) is 10.6 Å². The molecule has 6 nitrogen and oxygen atoms in total. The van der Waals surface area contributed by atoms with Crippen LogP contribution in [0.15, 0.2) is 29.6 Å². The van der Waals surface area contributed by atoms with Crippen LogP contribution in [0.1, 0.15) is 35.0 Å². The van der Waals surface area contributed by atoms with E-state index in [9.17, 15) is 14.9 Å². The van der Waals surface area contributed by atoms with E-state index in [1.807, 2.05) is 25.3 Å². The highest BCUT2D eigenvalue weighted by Crippen LogP contribution is 2.31. The van der Waals surface area contributed by atoms with Crippen LogP contribution < -0.4 is 10.1 Å². The van der Waals surface area contributed by atoms with Crippen molar-refractivity contribution >= 4 is 28.6 Å². The van der Waals surface area contributed by atoms with Crippen LogP contribution in [0, 0.1) is 10.1 Å². The monoisotopic (exact) mass is 320 g/mol. The predicted octanol–water partition coefficient (Wildman–Crippen LogP) is 4.04. The maximum atomic E-state index is 12.4. The van der Waals surface area contributed by atoms with Crippen molar-refractivity contribution in [2.24, 2.45) is 0 Å². The van der Waals surface area contributed by atoms with E-state index in [1.54, 1.807) is 0 Å². The zero-order chi connectivity index (χ0) is 16.3. The summed E-state index contributed by atoms with van der Waals surface area (Å²) in [6.07, 6.45) is 0. The molecule has 116 valence electrons. The number of ether oxygens (including phenoxy) is 1. The van der Waals surface area contributed by atoms with Crippen molar-refractivity contribution in [2.45, 2.75) is 19.8 Å². The second-order valence-corrected chi connectivity index (χ2v) is 5.87. The third-order valence-corrected chi connectivity index (χ3v) is 4.09. The number of thiophene rings is 1. The van der Waals surface area contributed by atoms with Gasteiger partial charge in [0.15, 0.2) is 0 Å². The van der Waals surface area contributed by atoms with Crippen molar-refractivity contribution < 1.29 is 14.5 Å². The Morgan fingerprint density at radius 3 is 2.68 bits per heavy atom. The van der Waals surface area contributed by atoms with Crippen LogP contribution in [-0.4, -0.2) is 17.9 Å². The van der Waals surface area contributed by atoms with E-state index >= 15 is 0 Å². The van der Waals surface area contributed by atoms with Gasteiger partial charge in [-0.2, -0.15) is 0 Å². The predicted molar refractivity (Wildman–Crippen MR) is 86.0 cm³/mol. The molecule has 1 aromatic heterocycles. The Bertz CT molecular complexity index is 709. The first-order valence-electron chi connectivity index (χ1n) is 6.65. The first-order chi connectivity index (χ1) is 10.4. The van der Waals surface area contributed by atoms with Crippen molar-refractivity contribution in [2.75, 3.05) is 12.4 Å². The lowest BCUT2D eigenvalue weighted by atomic mass is 10.0. The average molecular weight is 320 g/mol. The molecule has 1 heterocycles. The summed E-state index contributed by atoms with van der Waals surface area (Å²) in [5, 5.41) is 15.4. The van der Waals surface area contributed by atoms with Crippen molar-refractivity contribution in [1.29, 1.82) is 0 Å². The lowest BCUT2D eigenvalue weighted by Crippen LogP contribution is -2.13. The zero-order valence-corrected chi connectivity index (χ0v) is 13.3. The number of hydrogen-bond donors (Lipinski definition) is 1. The molecule has 0 fully saturated rings. The average Bonchev–Trinajstić information content (AvgIpc) is 2.96. The molecule has 1 aromatic carbocycles. The van der Waals surface area contributed by atoms with E-state index in [4.69, 9.17) is 4.74 Å². The minimum Gasteiger partial charge on any atom is -0.495 e. The lowest BCUT2D eigenvalue weighted by molar-refractivity contribution is -0.384. The van der Waals surface area contributed by atoms with Crippen LogP contribution in [0.3, 0.4) is 0 Å².